The topological polar surface area (TPSA) is 29.1 Å². The third-order valence-electron chi connectivity index (χ3n) is 3.55. The summed E-state index contributed by atoms with van der Waals surface area (Å²) in [6, 6.07) is 0. The number of unbranched alkanes of at least 4 members (excludes halogenated alkanes) is 7. The van der Waals surface area contributed by atoms with Crippen LogP contribution in [-0.2, 0) is 4.79 Å². The first-order chi connectivity index (χ1) is 9.07. The maximum absolute atomic E-state index is 11.3. The van der Waals surface area contributed by atoms with Crippen molar-refractivity contribution < 1.29 is 4.79 Å². The Kier molecular flexibility index (Phi) is 11.7. The molecule has 0 aliphatic carbocycles. The molecule has 0 aliphatic rings. The Bertz CT molecular complexity index is 248. The van der Waals surface area contributed by atoms with E-state index in [-0.39, 0.29) is 5.91 Å². The monoisotopic (exact) mass is 267 g/mol. The van der Waals surface area contributed by atoms with Crippen molar-refractivity contribution in [1.82, 2.24) is 5.32 Å². The van der Waals surface area contributed by atoms with Crippen molar-refractivity contribution in [3.8, 4) is 0 Å². The Labute approximate surface area is 120 Å². The molecule has 0 aliphatic heterocycles. The van der Waals surface area contributed by atoms with Crippen molar-refractivity contribution in [2.45, 2.75) is 78.6 Å². The standard InChI is InChI=1S/C17H33NO/c1-5-6-7-8-9-10-11-12-13-16(4)14-18-17(19)15(2)3/h16H,2,5-14H2,1,3-4H3,(H,18,19). The fourth-order valence-electron chi connectivity index (χ4n) is 2.15. The fraction of sp³-hybridized carbons (Fsp3) is 0.824. The molecule has 0 bridgehead atoms. The molecule has 112 valence electrons. The Hall–Kier alpha value is -0.790. The summed E-state index contributed by atoms with van der Waals surface area (Å²) in [7, 11) is 0. The molecule has 0 aromatic carbocycles. The number of rotatable bonds is 12. The van der Waals surface area contributed by atoms with Gasteiger partial charge < -0.3 is 5.32 Å². The van der Waals surface area contributed by atoms with E-state index in [1.54, 1.807) is 6.92 Å². The number of amides is 1. The highest BCUT2D eigenvalue weighted by atomic mass is 16.1. The lowest BCUT2D eigenvalue weighted by Gasteiger charge is -2.12. The zero-order valence-electron chi connectivity index (χ0n) is 13.3. The molecule has 2 nitrogen and oxygen atoms in total. The van der Waals surface area contributed by atoms with Gasteiger partial charge in [-0.3, -0.25) is 4.79 Å². The van der Waals surface area contributed by atoms with Gasteiger partial charge in [0.15, 0.2) is 0 Å². The number of carbonyl (C=O) groups excluding carboxylic acids is 1. The van der Waals surface area contributed by atoms with Gasteiger partial charge in [0.2, 0.25) is 5.91 Å². The third-order valence-corrected chi connectivity index (χ3v) is 3.55. The van der Waals surface area contributed by atoms with Crippen LogP contribution in [0.1, 0.15) is 78.6 Å². The van der Waals surface area contributed by atoms with E-state index in [2.05, 4.69) is 25.7 Å². The number of hydrogen-bond acceptors (Lipinski definition) is 1. The SMILES string of the molecule is C=C(C)C(=O)NCC(C)CCCCCCCCCC. The van der Waals surface area contributed by atoms with Gasteiger partial charge in [0.1, 0.15) is 0 Å². The largest absolute Gasteiger partial charge is 0.352 e. The second kappa shape index (κ2) is 12.3. The molecule has 1 amide bonds. The number of carbonyl (C=O) groups is 1. The fourth-order valence-corrected chi connectivity index (χ4v) is 2.15. The molecule has 0 fully saturated rings. The second-order valence-corrected chi connectivity index (χ2v) is 5.86. The molecular formula is C17H33NO. The van der Waals surface area contributed by atoms with Crippen LogP contribution in [-0.4, -0.2) is 12.5 Å². The lowest BCUT2D eigenvalue weighted by molar-refractivity contribution is -0.117. The van der Waals surface area contributed by atoms with E-state index in [0.717, 1.165) is 6.54 Å². The van der Waals surface area contributed by atoms with Gasteiger partial charge in [-0.15, -0.1) is 0 Å². The summed E-state index contributed by atoms with van der Waals surface area (Å²) in [6.45, 7) is 10.6. The van der Waals surface area contributed by atoms with Gasteiger partial charge in [-0.1, -0.05) is 71.8 Å². The first-order valence-corrected chi connectivity index (χ1v) is 8.01. The van der Waals surface area contributed by atoms with Crippen LogP contribution in [0.5, 0.6) is 0 Å². The maximum Gasteiger partial charge on any atom is 0.246 e. The molecule has 0 rings (SSSR count). The molecule has 0 radical (unpaired) electrons. The van der Waals surface area contributed by atoms with Crippen LogP contribution >= 0.6 is 0 Å². The quantitative estimate of drug-likeness (QED) is 0.397. The Morgan fingerprint density at radius 2 is 1.58 bits per heavy atom. The molecule has 1 unspecified atom stereocenters. The van der Waals surface area contributed by atoms with Gasteiger partial charge in [-0.05, 0) is 19.3 Å². The minimum atomic E-state index is -0.0113. The zero-order valence-corrected chi connectivity index (χ0v) is 13.3. The van der Waals surface area contributed by atoms with Crippen molar-refractivity contribution in [3.63, 3.8) is 0 Å². The van der Waals surface area contributed by atoms with E-state index in [1.165, 1.54) is 57.8 Å². The van der Waals surface area contributed by atoms with Gasteiger partial charge in [0, 0.05) is 12.1 Å². The van der Waals surface area contributed by atoms with E-state index < -0.39 is 0 Å². The molecule has 0 aromatic heterocycles. The van der Waals surface area contributed by atoms with Crippen LogP contribution in [0.4, 0.5) is 0 Å². The molecule has 1 atom stereocenters. The summed E-state index contributed by atoms with van der Waals surface area (Å²) in [5, 5.41) is 2.92. The van der Waals surface area contributed by atoms with Crippen molar-refractivity contribution in [2.24, 2.45) is 5.92 Å². The van der Waals surface area contributed by atoms with E-state index in [1.807, 2.05) is 0 Å². The van der Waals surface area contributed by atoms with E-state index in [4.69, 9.17) is 0 Å². The zero-order chi connectivity index (χ0) is 14.5. The third kappa shape index (κ3) is 12.0. The first-order valence-electron chi connectivity index (χ1n) is 8.01. The highest BCUT2D eigenvalue weighted by molar-refractivity contribution is 5.92. The summed E-state index contributed by atoms with van der Waals surface area (Å²) in [5.74, 6) is 0.561. The summed E-state index contributed by atoms with van der Waals surface area (Å²) in [5.41, 5.74) is 0.597. The maximum atomic E-state index is 11.3. The normalized spacial score (nSPS) is 12.2. The van der Waals surface area contributed by atoms with Crippen LogP contribution in [0.2, 0.25) is 0 Å². The smallest absolute Gasteiger partial charge is 0.246 e. The van der Waals surface area contributed by atoms with Gasteiger partial charge in [-0.25, -0.2) is 0 Å². The predicted molar refractivity (Wildman–Crippen MR) is 84.2 cm³/mol. The summed E-state index contributed by atoms with van der Waals surface area (Å²) in [6.07, 6.45) is 12.1. The van der Waals surface area contributed by atoms with Gasteiger partial charge >= 0.3 is 0 Å². The van der Waals surface area contributed by atoms with Crippen molar-refractivity contribution in [1.29, 1.82) is 0 Å². The van der Waals surface area contributed by atoms with Crippen LogP contribution in [0, 0.1) is 5.92 Å². The van der Waals surface area contributed by atoms with Crippen LogP contribution in [0.15, 0.2) is 12.2 Å². The van der Waals surface area contributed by atoms with Gasteiger partial charge in [0.25, 0.3) is 0 Å². The molecular weight excluding hydrogens is 234 g/mol. The minimum absolute atomic E-state index is 0.0113. The predicted octanol–water partition coefficient (Wildman–Crippen LogP) is 4.85. The summed E-state index contributed by atoms with van der Waals surface area (Å²) < 4.78 is 0. The molecule has 0 aromatic rings. The Balaban J connectivity index is 3.31. The van der Waals surface area contributed by atoms with E-state index >= 15 is 0 Å². The Morgan fingerprint density at radius 1 is 1.05 bits per heavy atom. The summed E-state index contributed by atoms with van der Waals surface area (Å²) >= 11 is 0. The molecule has 1 N–H and O–H groups in total. The van der Waals surface area contributed by atoms with E-state index in [0.29, 0.717) is 11.5 Å². The highest BCUT2D eigenvalue weighted by Crippen LogP contribution is 2.12. The first kappa shape index (κ1) is 18.2. The van der Waals surface area contributed by atoms with E-state index in [9.17, 15) is 4.79 Å². The second-order valence-electron chi connectivity index (χ2n) is 5.86. The lowest BCUT2D eigenvalue weighted by Crippen LogP contribution is -2.28. The van der Waals surface area contributed by atoms with Crippen molar-refractivity contribution >= 4 is 5.91 Å². The number of hydrogen-bond donors (Lipinski definition) is 1. The minimum Gasteiger partial charge on any atom is -0.352 e. The number of nitrogens with one attached hydrogen (secondary N) is 1. The van der Waals surface area contributed by atoms with Crippen molar-refractivity contribution in [2.75, 3.05) is 6.54 Å². The molecule has 19 heavy (non-hydrogen) atoms. The summed E-state index contributed by atoms with van der Waals surface area (Å²) in [4.78, 5) is 11.3. The molecule has 0 saturated carbocycles. The molecule has 0 spiro atoms. The van der Waals surface area contributed by atoms with Crippen LogP contribution in [0.3, 0.4) is 0 Å². The molecule has 0 heterocycles. The van der Waals surface area contributed by atoms with Gasteiger partial charge in [-0.2, -0.15) is 0 Å². The molecule has 0 saturated heterocycles. The average molecular weight is 267 g/mol. The lowest BCUT2D eigenvalue weighted by atomic mass is 10.0. The van der Waals surface area contributed by atoms with Crippen LogP contribution < -0.4 is 5.32 Å². The van der Waals surface area contributed by atoms with Crippen LogP contribution in [0.25, 0.3) is 0 Å². The molecule has 2 heteroatoms. The van der Waals surface area contributed by atoms with Gasteiger partial charge in [0.05, 0.1) is 0 Å². The van der Waals surface area contributed by atoms with Crippen molar-refractivity contribution in [3.05, 3.63) is 12.2 Å². The highest BCUT2D eigenvalue weighted by Gasteiger charge is 2.05. The average Bonchev–Trinajstić information content (AvgIpc) is 2.38. The Morgan fingerprint density at radius 3 is 2.11 bits per heavy atom.